The number of aromatic hydroxyl groups is 1. The summed E-state index contributed by atoms with van der Waals surface area (Å²) < 4.78 is 0. The zero-order valence-electron chi connectivity index (χ0n) is 11.6. The molecular formula is C16H10Cl2N2O2S. The van der Waals surface area contributed by atoms with Gasteiger partial charge in [0.2, 0.25) is 0 Å². The molecule has 0 radical (unpaired) electrons. The normalized spacial score (nSPS) is 17.7. The van der Waals surface area contributed by atoms with Gasteiger partial charge in [0.25, 0.3) is 5.91 Å². The number of thioether (sulfide) groups is 1. The van der Waals surface area contributed by atoms with Crippen molar-refractivity contribution in [3.05, 3.63) is 63.0 Å². The number of amides is 1. The molecule has 0 aliphatic carbocycles. The standard InChI is InChI=1S/C16H10Cl2N2O2S/c17-12-6-3-10(8-13(12)18)19-16-20-15(22)14(23-16)7-9-1-4-11(21)5-2-9/h1-8,21H,(H,19,20,22)/b14-7-. The molecular weight excluding hydrogens is 355 g/mol. The maximum atomic E-state index is 12.0. The van der Waals surface area contributed by atoms with Crippen LogP contribution in [0.15, 0.2) is 52.4 Å². The maximum absolute atomic E-state index is 12.0. The number of halogens is 2. The van der Waals surface area contributed by atoms with E-state index in [4.69, 9.17) is 23.2 Å². The van der Waals surface area contributed by atoms with Gasteiger partial charge in [-0.25, -0.2) is 4.99 Å². The first kappa shape index (κ1) is 15.9. The van der Waals surface area contributed by atoms with Crippen LogP contribution >= 0.6 is 35.0 Å². The van der Waals surface area contributed by atoms with Crippen molar-refractivity contribution < 1.29 is 9.90 Å². The van der Waals surface area contributed by atoms with Gasteiger partial charge in [0, 0.05) is 0 Å². The molecule has 23 heavy (non-hydrogen) atoms. The van der Waals surface area contributed by atoms with Crippen molar-refractivity contribution in [1.82, 2.24) is 5.32 Å². The topological polar surface area (TPSA) is 61.7 Å². The minimum atomic E-state index is -0.220. The monoisotopic (exact) mass is 364 g/mol. The number of phenolic OH excluding ortho intramolecular Hbond substituents is 1. The minimum absolute atomic E-state index is 0.178. The van der Waals surface area contributed by atoms with Gasteiger partial charge >= 0.3 is 0 Å². The van der Waals surface area contributed by atoms with Crippen LogP contribution in [-0.2, 0) is 4.79 Å². The average Bonchev–Trinajstić information content (AvgIpc) is 2.85. The maximum Gasteiger partial charge on any atom is 0.264 e. The fraction of sp³-hybridized carbons (Fsp3) is 0. The zero-order valence-corrected chi connectivity index (χ0v) is 13.9. The summed E-state index contributed by atoms with van der Waals surface area (Å²) in [5.41, 5.74) is 1.42. The third kappa shape index (κ3) is 3.88. The molecule has 1 aliphatic rings. The van der Waals surface area contributed by atoms with Gasteiger partial charge in [-0.3, -0.25) is 4.79 Å². The Morgan fingerprint density at radius 1 is 1.09 bits per heavy atom. The molecule has 0 spiro atoms. The van der Waals surface area contributed by atoms with Crippen LogP contribution in [0.5, 0.6) is 5.75 Å². The van der Waals surface area contributed by atoms with Crippen molar-refractivity contribution in [3.8, 4) is 5.75 Å². The van der Waals surface area contributed by atoms with Crippen molar-refractivity contribution in [2.75, 3.05) is 0 Å². The number of carbonyl (C=O) groups excluding carboxylic acids is 1. The van der Waals surface area contributed by atoms with Crippen LogP contribution in [0.3, 0.4) is 0 Å². The number of benzene rings is 2. The van der Waals surface area contributed by atoms with Crippen molar-refractivity contribution in [2.24, 2.45) is 4.99 Å². The van der Waals surface area contributed by atoms with E-state index < -0.39 is 0 Å². The number of phenols is 1. The summed E-state index contributed by atoms with van der Waals surface area (Å²) in [6.45, 7) is 0. The molecule has 1 fully saturated rings. The number of amidine groups is 1. The molecule has 2 aromatic carbocycles. The molecule has 116 valence electrons. The number of aliphatic imine (C=N–C) groups is 1. The Morgan fingerprint density at radius 2 is 1.83 bits per heavy atom. The first-order valence-electron chi connectivity index (χ1n) is 6.55. The van der Waals surface area contributed by atoms with Gasteiger partial charge in [-0.05, 0) is 53.7 Å². The second-order valence-corrected chi connectivity index (χ2v) is 6.52. The van der Waals surface area contributed by atoms with Crippen molar-refractivity contribution in [1.29, 1.82) is 0 Å². The van der Waals surface area contributed by atoms with Gasteiger partial charge in [0.05, 0.1) is 20.6 Å². The molecule has 0 saturated carbocycles. The van der Waals surface area contributed by atoms with Crippen LogP contribution in [0.25, 0.3) is 6.08 Å². The smallest absolute Gasteiger partial charge is 0.264 e. The van der Waals surface area contributed by atoms with E-state index >= 15 is 0 Å². The van der Waals surface area contributed by atoms with Crippen molar-refractivity contribution in [3.63, 3.8) is 0 Å². The summed E-state index contributed by atoms with van der Waals surface area (Å²) in [5, 5.41) is 13.3. The average molecular weight is 365 g/mol. The Kier molecular flexibility index (Phi) is 4.61. The highest BCUT2D eigenvalue weighted by Crippen LogP contribution is 2.31. The van der Waals surface area contributed by atoms with E-state index in [-0.39, 0.29) is 11.7 Å². The summed E-state index contributed by atoms with van der Waals surface area (Å²) in [4.78, 5) is 16.9. The highest BCUT2D eigenvalue weighted by molar-refractivity contribution is 8.18. The van der Waals surface area contributed by atoms with E-state index in [1.807, 2.05) is 0 Å². The summed E-state index contributed by atoms with van der Waals surface area (Å²) in [6.07, 6.45) is 1.73. The van der Waals surface area contributed by atoms with Gasteiger partial charge in [-0.1, -0.05) is 35.3 Å². The highest BCUT2D eigenvalue weighted by atomic mass is 35.5. The molecule has 7 heteroatoms. The fourth-order valence-corrected chi connectivity index (χ4v) is 3.01. The summed E-state index contributed by atoms with van der Waals surface area (Å²) in [6, 6.07) is 11.6. The molecule has 1 heterocycles. The Hall–Kier alpha value is -1.95. The number of hydrogen-bond acceptors (Lipinski definition) is 4. The molecule has 2 aromatic rings. The van der Waals surface area contributed by atoms with Gasteiger partial charge in [-0.2, -0.15) is 0 Å². The molecule has 3 rings (SSSR count). The van der Waals surface area contributed by atoms with Crippen LogP contribution in [-0.4, -0.2) is 16.2 Å². The lowest BCUT2D eigenvalue weighted by molar-refractivity contribution is -0.115. The van der Waals surface area contributed by atoms with E-state index in [0.717, 1.165) is 5.56 Å². The van der Waals surface area contributed by atoms with Gasteiger partial charge < -0.3 is 10.4 Å². The first-order valence-corrected chi connectivity index (χ1v) is 8.12. The Bertz CT molecular complexity index is 832. The first-order chi connectivity index (χ1) is 11.0. The van der Waals surface area contributed by atoms with Gasteiger partial charge in [0.1, 0.15) is 5.75 Å². The Labute approximate surface area is 146 Å². The quantitative estimate of drug-likeness (QED) is 0.766. The zero-order chi connectivity index (χ0) is 16.4. The predicted molar refractivity (Wildman–Crippen MR) is 95.4 cm³/mol. The lowest BCUT2D eigenvalue weighted by Crippen LogP contribution is -2.19. The van der Waals surface area contributed by atoms with Crippen LogP contribution in [0, 0.1) is 0 Å². The van der Waals surface area contributed by atoms with Crippen LogP contribution in [0.2, 0.25) is 10.0 Å². The van der Waals surface area contributed by atoms with E-state index in [0.29, 0.717) is 25.8 Å². The number of rotatable bonds is 2. The van der Waals surface area contributed by atoms with E-state index in [1.54, 1.807) is 48.5 Å². The van der Waals surface area contributed by atoms with Crippen molar-refractivity contribution in [2.45, 2.75) is 0 Å². The third-order valence-corrected chi connectivity index (χ3v) is 4.62. The highest BCUT2D eigenvalue weighted by Gasteiger charge is 2.23. The van der Waals surface area contributed by atoms with E-state index in [1.165, 1.54) is 11.8 Å². The number of nitrogens with one attached hydrogen (secondary N) is 1. The van der Waals surface area contributed by atoms with E-state index in [2.05, 4.69) is 10.3 Å². The SMILES string of the molecule is O=C1NC(=Nc2ccc(Cl)c(Cl)c2)S/C1=C\c1ccc(O)cc1. The lowest BCUT2D eigenvalue weighted by atomic mass is 10.2. The van der Waals surface area contributed by atoms with Crippen LogP contribution in [0.4, 0.5) is 5.69 Å². The minimum Gasteiger partial charge on any atom is -0.508 e. The van der Waals surface area contributed by atoms with E-state index in [9.17, 15) is 9.90 Å². The predicted octanol–water partition coefficient (Wildman–Crippen LogP) is 4.59. The lowest BCUT2D eigenvalue weighted by Gasteiger charge is -1.99. The molecule has 0 unspecified atom stereocenters. The Balaban J connectivity index is 1.82. The number of nitrogens with zero attached hydrogens (tertiary/aromatic N) is 1. The third-order valence-electron chi connectivity index (χ3n) is 2.98. The summed E-state index contributed by atoms with van der Waals surface area (Å²) >= 11 is 13.0. The molecule has 0 atom stereocenters. The molecule has 1 amide bonds. The molecule has 2 N–H and O–H groups in total. The second-order valence-electron chi connectivity index (χ2n) is 4.67. The number of carbonyl (C=O) groups is 1. The van der Waals surface area contributed by atoms with Crippen LogP contribution < -0.4 is 5.32 Å². The van der Waals surface area contributed by atoms with Gasteiger partial charge in [0.15, 0.2) is 5.17 Å². The van der Waals surface area contributed by atoms with Crippen LogP contribution in [0.1, 0.15) is 5.56 Å². The molecule has 0 aromatic heterocycles. The summed E-state index contributed by atoms with van der Waals surface area (Å²) in [7, 11) is 0. The molecule has 0 bridgehead atoms. The second kappa shape index (κ2) is 6.66. The largest absolute Gasteiger partial charge is 0.508 e. The Morgan fingerprint density at radius 3 is 2.52 bits per heavy atom. The molecule has 4 nitrogen and oxygen atoms in total. The number of hydrogen-bond donors (Lipinski definition) is 2. The molecule has 1 aliphatic heterocycles. The fourth-order valence-electron chi connectivity index (χ4n) is 1.87. The van der Waals surface area contributed by atoms with Crippen molar-refractivity contribution >= 4 is 57.8 Å². The molecule has 1 saturated heterocycles. The van der Waals surface area contributed by atoms with Gasteiger partial charge in [-0.15, -0.1) is 0 Å². The summed E-state index contributed by atoms with van der Waals surface area (Å²) in [5.74, 6) is -0.0422.